The van der Waals surface area contributed by atoms with Gasteiger partial charge in [-0.2, -0.15) is 0 Å². The van der Waals surface area contributed by atoms with Gasteiger partial charge in [-0.1, -0.05) is 35.3 Å². The summed E-state index contributed by atoms with van der Waals surface area (Å²) in [5.41, 5.74) is 3.09. The van der Waals surface area contributed by atoms with Gasteiger partial charge < -0.3 is 5.11 Å². The van der Waals surface area contributed by atoms with Crippen LogP contribution in [-0.4, -0.2) is 16.2 Å². The van der Waals surface area contributed by atoms with Crippen molar-refractivity contribution in [1.82, 2.24) is 4.98 Å². The lowest BCUT2D eigenvalue weighted by Crippen LogP contribution is -2.26. The predicted octanol–water partition coefficient (Wildman–Crippen LogP) is 4.41. The number of benzene rings is 1. The van der Waals surface area contributed by atoms with Crippen molar-refractivity contribution in [3.63, 3.8) is 0 Å². The molecule has 110 valence electrons. The summed E-state index contributed by atoms with van der Waals surface area (Å²) in [7, 11) is 0. The van der Waals surface area contributed by atoms with E-state index in [9.17, 15) is 5.11 Å². The third kappa shape index (κ3) is 3.08. The van der Waals surface area contributed by atoms with Gasteiger partial charge in [-0.05, 0) is 48.6 Å². The second kappa shape index (κ2) is 6.35. The summed E-state index contributed by atoms with van der Waals surface area (Å²) in [5, 5.41) is 11.9. The first-order valence-electron chi connectivity index (χ1n) is 7.21. The standard InChI is InChI=1S/C17H17Cl2NO/c18-14-7-2-8-15(19)13(14)10-16(21)12-6-1-4-11-5-3-9-20-17(11)12/h2-3,5,7-9,12,16,21H,1,4,6,10H2. The molecule has 2 atom stereocenters. The average Bonchev–Trinajstić information content (AvgIpc) is 2.50. The van der Waals surface area contributed by atoms with E-state index in [1.165, 1.54) is 5.56 Å². The van der Waals surface area contributed by atoms with Gasteiger partial charge in [-0.3, -0.25) is 4.98 Å². The van der Waals surface area contributed by atoms with Crippen LogP contribution in [0.2, 0.25) is 10.0 Å². The molecule has 4 heteroatoms. The fourth-order valence-electron chi connectivity index (χ4n) is 3.10. The van der Waals surface area contributed by atoms with Crippen LogP contribution in [0.4, 0.5) is 0 Å². The van der Waals surface area contributed by atoms with Gasteiger partial charge in [-0.25, -0.2) is 0 Å². The van der Waals surface area contributed by atoms with E-state index in [2.05, 4.69) is 11.1 Å². The number of hydrogen-bond acceptors (Lipinski definition) is 2. The number of nitrogens with zero attached hydrogens (tertiary/aromatic N) is 1. The van der Waals surface area contributed by atoms with Crippen molar-refractivity contribution in [2.24, 2.45) is 0 Å². The second-order valence-electron chi connectivity index (χ2n) is 5.52. The summed E-state index contributed by atoms with van der Waals surface area (Å²) in [6.45, 7) is 0. The lowest BCUT2D eigenvalue weighted by Gasteiger charge is -2.28. The van der Waals surface area contributed by atoms with Gasteiger partial charge in [0.1, 0.15) is 0 Å². The lowest BCUT2D eigenvalue weighted by molar-refractivity contribution is 0.132. The van der Waals surface area contributed by atoms with E-state index in [0.29, 0.717) is 16.5 Å². The minimum atomic E-state index is -0.517. The number of aromatic nitrogens is 1. The largest absolute Gasteiger partial charge is 0.392 e. The van der Waals surface area contributed by atoms with Crippen molar-refractivity contribution in [2.45, 2.75) is 37.7 Å². The Bertz CT molecular complexity index is 624. The van der Waals surface area contributed by atoms with Crippen LogP contribution in [0, 0.1) is 0 Å². The smallest absolute Gasteiger partial charge is 0.0665 e. The molecule has 0 radical (unpaired) electrons. The Labute approximate surface area is 134 Å². The van der Waals surface area contributed by atoms with Gasteiger partial charge in [0.2, 0.25) is 0 Å². The van der Waals surface area contributed by atoms with Gasteiger partial charge in [0.15, 0.2) is 0 Å². The minimum absolute atomic E-state index is 0.0577. The molecule has 2 nitrogen and oxygen atoms in total. The van der Waals surface area contributed by atoms with Crippen LogP contribution < -0.4 is 0 Å². The fourth-order valence-corrected chi connectivity index (χ4v) is 3.65. The molecule has 2 aromatic rings. The second-order valence-corrected chi connectivity index (χ2v) is 6.33. The van der Waals surface area contributed by atoms with Gasteiger partial charge in [0.05, 0.1) is 6.10 Å². The molecule has 1 aliphatic carbocycles. The summed E-state index contributed by atoms with van der Waals surface area (Å²) < 4.78 is 0. The van der Waals surface area contributed by atoms with Crippen LogP contribution in [0.5, 0.6) is 0 Å². The molecule has 2 unspecified atom stereocenters. The van der Waals surface area contributed by atoms with Crippen LogP contribution in [0.1, 0.15) is 35.6 Å². The maximum absolute atomic E-state index is 10.7. The number of aryl methyl sites for hydroxylation is 1. The third-order valence-corrected chi connectivity index (χ3v) is 4.89. The average molecular weight is 322 g/mol. The van der Waals surface area contributed by atoms with Gasteiger partial charge in [-0.15, -0.1) is 0 Å². The van der Waals surface area contributed by atoms with Crippen molar-refractivity contribution in [3.05, 3.63) is 63.4 Å². The van der Waals surface area contributed by atoms with Crippen molar-refractivity contribution < 1.29 is 5.11 Å². The normalized spacial score (nSPS) is 19.1. The first-order chi connectivity index (χ1) is 10.2. The SMILES string of the molecule is OC(Cc1c(Cl)cccc1Cl)C1CCCc2cccnc21. The number of halogens is 2. The fraction of sp³-hybridized carbons (Fsp3) is 0.353. The quantitative estimate of drug-likeness (QED) is 0.908. The van der Waals surface area contributed by atoms with Gasteiger partial charge in [0.25, 0.3) is 0 Å². The Morgan fingerprint density at radius 3 is 2.71 bits per heavy atom. The molecule has 0 spiro atoms. The topological polar surface area (TPSA) is 33.1 Å². The molecule has 0 bridgehead atoms. The Morgan fingerprint density at radius 1 is 1.19 bits per heavy atom. The van der Waals surface area contributed by atoms with Crippen LogP contribution in [0.3, 0.4) is 0 Å². The van der Waals surface area contributed by atoms with Crippen molar-refractivity contribution in [3.8, 4) is 0 Å². The summed E-state index contributed by atoms with van der Waals surface area (Å²) in [4.78, 5) is 4.48. The monoisotopic (exact) mass is 321 g/mol. The number of fused-ring (bicyclic) bond motifs is 1. The van der Waals surface area contributed by atoms with E-state index in [4.69, 9.17) is 23.2 Å². The minimum Gasteiger partial charge on any atom is -0.392 e. The molecular weight excluding hydrogens is 305 g/mol. The summed E-state index contributed by atoms with van der Waals surface area (Å²) in [6.07, 6.45) is 4.81. The third-order valence-electron chi connectivity index (χ3n) is 4.18. The zero-order valence-electron chi connectivity index (χ0n) is 11.6. The summed E-state index contributed by atoms with van der Waals surface area (Å²) in [5.74, 6) is 0.0577. The van der Waals surface area contributed by atoms with Gasteiger partial charge in [0, 0.05) is 34.3 Å². The van der Waals surface area contributed by atoms with Crippen molar-refractivity contribution >= 4 is 23.2 Å². The van der Waals surface area contributed by atoms with Crippen LogP contribution >= 0.6 is 23.2 Å². The van der Waals surface area contributed by atoms with Crippen molar-refractivity contribution in [2.75, 3.05) is 0 Å². The Balaban J connectivity index is 1.85. The number of pyridine rings is 1. The first kappa shape index (κ1) is 14.8. The maximum atomic E-state index is 10.7. The first-order valence-corrected chi connectivity index (χ1v) is 7.97. The van der Waals surface area contributed by atoms with Crippen LogP contribution in [-0.2, 0) is 12.8 Å². The molecule has 1 aromatic heterocycles. The Kier molecular flexibility index (Phi) is 4.48. The molecule has 0 aliphatic heterocycles. The molecule has 21 heavy (non-hydrogen) atoms. The Hall–Kier alpha value is -1.09. The predicted molar refractivity (Wildman–Crippen MR) is 86.1 cm³/mol. The molecule has 3 rings (SSSR count). The highest BCUT2D eigenvalue weighted by Crippen LogP contribution is 2.35. The van der Waals surface area contributed by atoms with E-state index in [1.54, 1.807) is 6.20 Å². The highest BCUT2D eigenvalue weighted by molar-refractivity contribution is 6.36. The highest BCUT2D eigenvalue weighted by Gasteiger charge is 2.28. The summed E-state index contributed by atoms with van der Waals surface area (Å²) in [6, 6.07) is 9.49. The van der Waals surface area contributed by atoms with Crippen LogP contribution in [0.25, 0.3) is 0 Å². The summed E-state index contributed by atoms with van der Waals surface area (Å²) >= 11 is 12.4. The number of aliphatic hydroxyl groups is 1. The molecule has 1 aromatic carbocycles. The molecule has 1 aliphatic rings. The molecule has 0 amide bonds. The Morgan fingerprint density at radius 2 is 1.95 bits per heavy atom. The zero-order chi connectivity index (χ0) is 14.8. The lowest BCUT2D eigenvalue weighted by atomic mass is 9.81. The molecule has 1 N–H and O–H groups in total. The molecule has 0 saturated carbocycles. The van der Waals surface area contributed by atoms with E-state index >= 15 is 0 Å². The van der Waals surface area contributed by atoms with E-state index < -0.39 is 6.10 Å². The molecular formula is C17H17Cl2NO. The highest BCUT2D eigenvalue weighted by atomic mass is 35.5. The number of aliphatic hydroxyl groups excluding tert-OH is 1. The number of hydrogen-bond donors (Lipinski definition) is 1. The zero-order valence-corrected chi connectivity index (χ0v) is 13.1. The van der Waals surface area contributed by atoms with E-state index in [0.717, 1.165) is 30.5 Å². The van der Waals surface area contributed by atoms with Crippen LogP contribution in [0.15, 0.2) is 36.5 Å². The van der Waals surface area contributed by atoms with Crippen molar-refractivity contribution in [1.29, 1.82) is 0 Å². The molecule has 1 heterocycles. The maximum Gasteiger partial charge on any atom is 0.0665 e. The number of rotatable bonds is 3. The van der Waals surface area contributed by atoms with Gasteiger partial charge >= 0.3 is 0 Å². The van der Waals surface area contributed by atoms with E-state index in [-0.39, 0.29) is 5.92 Å². The van der Waals surface area contributed by atoms with E-state index in [1.807, 2.05) is 24.3 Å². The molecule has 0 fully saturated rings. The molecule has 0 saturated heterocycles.